The first-order valence-corrected chi connectivity index (χ1v) is 17.0. The fraction of sp³-hybridized carbons (Fsp3) is 0.0732. The molecule has 0 spiro atoms. The Hall–Kier alpha value is -4.64. The van der Waals surface area contributed by atoms with E-state index >= 15 is 0 Å². The van der Waals surface area contributed by atoms with Gasteiger partial charge in [-0.2, -0.15) is 11.8 Å². The summed E-state index contributed by atoms with van der Waals surface area (Å²) in [6, 6.07) is 55.4. The number of ketones is 2. The molecule has 0 saturated carbocycles. The van der Waals surface area contributed by atoms with Crippen LogP contribution in [0.15, 0.2) is 175 Å². The molecule has 0 saturated heterocycles. The summed E-state index contributed by atoms with van der Waals surface area (Å²) in [5, 5.41) is 0. The molecule has 222 valence electrons. The minimum absolute atomic E-state index is 0.0878. The van der Waals surface area contributed by atoms with Crippen LogP contribution in [0.2, 0.25) is 0 Å². The lowest BCUT2D eigenvalue weighted by Gasteiger charge is -2.09. The van der Waals surface area contributed by atoms with E-state index in [2.05, 4.69) is 36.4 Å². The maximum absolute atomic E-state index is 12.7. The van der Waals surface area contributed by atoms with Crippen LogP contribution in [0.1, 0.15) is 48.5 Å². The van der Waals surface area contributed by atoms with Gasteiger partial charge in [-0.15, -0.1) is 11.8 Å². The Labute approximate surface area is 274 Å². The van der Waals surface area contributed by atoms with Crippen molar-refractivity contribution in [2.75, 3.05) is 0 Å². The molecule has 6 rings (SSSR count). The van der Waals surface area contributed by atoms with Crippen molar-refractivity contribution in [1.82, 2.24) is 0 Å². The average molecular weight is 623 g/mol. The first kappa shape index (κ1) is 31.8. The standard InChI is InChI=1S/C21H18OS.C20H16OS/c22-21(18-11-5-2-6-12-18)20-14-8-7-13-19(20)16-23-15-17-9-3-1-4-10-17;21-20(16-9-3-1-4-10-16)19-14-8-7-11-17(19)15-22-18-12-5-2-6-13-18/h1-14H,15-16H2;1-14H,15H2. The van der Waals surface area contributed by atoms with Crippen molar-refractivity contribution in [2.45, 2.75) is 22.2 Å². The lowest BCUT2D eigenvalue weighted by molar-refractivity contribution is 0.103. The van der Waals surface area contributed by atoms with Crippen molar-refractivity contribution in [3.05, 3.63) is 209 Å². The summed E-state index contributed by atoms with van der Waals surface area (Å²) in [6.07, 6.45) is 0. The molecule has 4 heteroatoms. The molecule has 0 aromatic heterocycles. The van der Waals surface area contributed by atoms with Crippen LogP contribution in [0.3, 0.4) is 0 Å². The summed E-state index contributed by atoms with van der Waals surface area (Å²) in [5.74, 6) is 2.77. The highest BCUT2D eigenvalue weighted by atomic mass is 32.2. The zero-order chi connectivity index (χ0) is 31.1. The molecule has 0 amide bonds. The Bertz CT molecular complexity index is 1790. The topological polar surface area (TPSA) is 34.1 Å². The van der Waals surface area contributed by atoms with E-state index < -0.39 is 0 Å². The minimum atomic E-state index is 0.0878. The highest BCUT2D eigenvalue weighted by Crippen LogP contribution is 2.26. The predicted molar refractivity (Wildman–Crippen MR) is 190 cm³/mol. The van der Waals surface area contributed by atoms with E-state index in [1.54, 1.807) is 11.8 Å². The van der Waals surface area contributed by atoms with E-state index in [9.17, 15) is 9.59 Å². The van der Waals surface area contributed by atoms with Crippen molar-refractivity contribution in [3.8, 4) is 0 Å². The van der Waals surface area contributed by atoms with Crippen LogP contribution in [0.4, 0.5) is 0 Å². The molecule has 0 aliphatic carbocycles. The number of hydrogen-bond donors (Lipinski definition) is 0. The zero-order valence-electron chi connectivity index (χ0n) is 24.9. The number of benzene rings is 6. The van der Waals surface area contributed by atoms with E-state index in [1.807, 2.05) is 145 Å². The first-order valence-electron chi connectivity index (χ1n) is 14.8. The van der Waals surface area contributed by atoms with E-state index in [-0.39, 0.29) is 11.6 Å². The molecule has 6 aromatic rings. The monoisotopic (exact) mass is 622 g/mol. The number of thioether (sulfide) groups is 2. The summed E-state index contributed by atoms with van der Waals surface area (Å²) < 4.78 is 0. The second-order valence-corrected chi connectivity index (χ2v) is 12.3. The van der Waals surface area contributed by atoms with E-state index in [0.29, 0.717) is 0 Å². The van der Waals surface area contributed by atoms with Crippen LogP contribution in [-0.4, -0.2) is 11.6 Å². The summed E-state index contributed by atoms with van der Waals surface area (Å²) in [4.78, 5) is 26.6. The molecular formula is C41H34O2S2. The molecule has 0 unspecified atom stereocenters. The van der Waals surface area contributed by atoms with Crippen LogP contribution in [0, 0.1) is 0 Å². The van der Waals surface area contributed by atoms with Crippen molar-refractivity contribution in [1.29, 1.82) is 0 Å². The largest absolute Gasteiger partial charge is 0.289 e. The highest BCUT2D eigenvalue weighted by Gasteiger charge is 2.14. The van der Waals surface area contributed by atoms with Gasteiger partial charge in [0.1, 0.15) is 0 Å². The molecule has 0 atom stereocenters. The summed E-state index contributed by atoms with van der Waals surface area (Å²) in [7, 11) is 0. The van der Waals surface area contributed by atoms with Crippen LogP contribution in [-0.2, 0) is 17.3 Å². The number of carbonyl (C=O) groups excluding carboxylic acids is 2. The fourth-order valence-corrected chi connectivity index (χ4v) is 6.68. The van der Waals surface area contributed by atoms with Crippen LogP contribution < -0.4 is 0 Å². The lowest BCUT2D eigenvalue weighted by Crippen LogP contribution is -2.04. The average Bonchev–Trinajstić information content (AvgIpc) is 3.12. The molecule has 0 bridgehead atoms. The third kappa shape index (κ3) is 9.42. The van der Waals surface area contributed by atoms with E-state index in [0.717, 1.165) is 50.6 Å². The lowest BCUT2D eigenvalue weighted by atomic mass is 9.99. The first-order chi connectivity index (χ1) is 22.2. The van der Waals surface area contributed by atoms with Crippen molar-refractivity contribution >= 4 is 35.1 Å². The number of carbonyl (C=O) groups is 2. The molecule has 0 fully saturated rings. The normalized spacial score (nSPS) is 10.4. The molecule has 45 heavy (non-hydrogen) atoms. The molecule has 0 N–H and O–H groups in total. The second kappa shape index (κ2) is 17.0. The fourth-order valence-electron chi connectivity index (χ4n) is 4.76. The quantitative estimate of drug-likeness (QED) is 0.106. The molecule has 0 radical (unpaired) electrons. The van der Waals surface area contributed by atoms with Gasteiger partial charge in [0.25, 0.3) is 0 Å². The Morgan fingerprint density at radius 2 is 0.800 bits per heavy atom. The highest BCUT2D eigenvalue weighted by molar-refractivity contribution is 7.98. The van der Waals surface area contributed by atoms with Crippen LogP contribution in [0.25, 0.3) is 0 Å². The van der Waals surface area contributed by atoms with E-state index in [4.69, 9.17) is 0 Å². The molecule has 0 aliphatic rings. The van der Waals surface area contributed by atoms with E-state index in [1.165, 1.54) is 10.5 Å². The van der Waals surface area contributed by atoms with Gasteiger partial charge in [0.05, 0.1) is 0 Å². The van der Waals surface area contributed by atoms with Crippen molar-refractivity contribution in [2.24, 2.45) is 0 Å². The van der Waals surface area contributed by atoms with Gasteiger partial charge in [-0.3, -0.25) is 9.59 Å². The van der Waals surface area contributed by atoms with Gasteiger partial charge in [-0.1, -0.05) is 158 Å². The minimum Gasteiger partial charge on any atom is -0.289 e. The summed E-state index contributed by atoms with van der Waals surface area (Å²) >= 11 is 3.58. The maximum Gasteiger partial charge on any atom is 0.193 e. The summed E-state index contributed by atoms with van der Waals surface area (Å²) in [6.45, 7) is 0. The zero-order valence-corrected chi connectivity index (χ0v) is 26.6. The Morgan fingerprint density at radius 3 is 1.31 bits per heavy atom. The Balaban J connectivity index is 0.000000178. The van der Waals surface area contributed by atoms with Gasteiger partial charge >= 0.3 is 0 Å². The Morgan fingerprint density at radius 1 is 0.400 bits per heavy atom. The SMILES string of the molecule is O=C(c1ccccc1)c1ccccc1CSCc1ccccc1.O=C(c1ccccc1)c1ccccc1CSc1ccccc1. The predicted octanol–water partition coefficient (Wildman–Crippen LogP) is 10.6. The maximum atomic E-state index is 12.7. The second-order valence-electron chi connectivity index (χ2n) is 10.3. The van der Waals surface area contributed by atoms with Gasteiger partial charge in [0.2, 0.25) is 0 Å². The molecule has 6 aromatic carbocycles. The van der Waals surface area contributed by atoms with Gasteiger partial charge in [0.15, 0.2) is 11.6 Å². The number of rotatable bonds is 11. The number of hydrogen-bond acceptors (Lipinski definition) is 4. The Kier molecular flexibility index (Phi) is 12.0. The van der Waals surface area contributed by atoms with Gasteiger partial charge in [-0.05, 0) is 28.8 Å². The molecule has 0 aliphatic heterocycles. The van der Waals surface area contributed by atoms with Crippen LogP contribution >= 0.6 is 23.5 Å². The van der Waals surface area contributed by atoms with Crippen LogP contribution in [0.5, 0.6) is 0 Å². The summed E-state index contributed by atoms with van der Waals surface area (Å²) in [5.41, 5.74) is 6.56. The molecular weight excluding hydrogens is 589 g/mol. The van der Waals surface area contributed by atoms with Gasteiger partial charge < -0.3 is 0 Å². The third-order valence-electron chi connectivity index (χ3n) is 7.10. The van der Waals surface area contributed by atoms with Crippen molar-refractivity contribution in [3.63, 3.8) is 0 Å². The van der Waals surface area contributed by atoms with Crippen molar-refractivity contribution < 1.29 is 9.59 Å². The molecule has 0 heterocycles. The smallest absolute Gasteiger partial charge is 0.193 e. The molecule has 2 nitrogen and oxygen atoms in total. The third-order valence-corrected chi connectivity index (χ3v) is 9.22. The van der Waals surface area contributed by atoms with Gasteiger partial charge in [-0.25, -0.2) is 0 Å². The van der Waals surface area contributed by atoms with Gasteiger partial charge in [0, 0.05) is 44.4 Å².